The Kier molecular flexibility index (Phi) is 6.59. The minimum absolute atomic E-state index is 0.226. The maximum absolute atomic E-state index is 10.6. The lowest BCUT2D eigenvalue weighted by Gasteiger charge is -2.60. The molecule has 0 spiro atoms. The number of rotatable bonds is 7. The summed E-state index contributed by atoms with van der Waals surface area (Å²) in [5, 5.41) is 0.229. The summed E-state index contributed by atoms with van der Waals surface area (Å²) in [5.74, 6) is 4.86. The van der Waals surface area contributed by atoms with Crippen molar-refractivity contribution in [1.29, 1.82) is 0 Å². The fourth-order valence-corrected chi connectivity index (χ4v) is 10.4. The molecular weight excluding hydrogens is 388 g/mol. The van der Waals surface area contributed by atoms with Crippen LogP contribution in [-0.4, -0.2) is 16.5 Å². The molecule has 0 aromatic rings. The van der Waals surface area contributed by atoms with Gasteiger partial charge in [0, 0.05) is 4.75 Å². The van der Waals surface area contributed by atoms with E-state index in [9.17, 15) is 4.79 Å². The topological polar surface area (TPSA) is 41.1 Å². The van der Waals surface area contributed by atoms with Crippen LogP contribution in [0.2, 0.25) is 0 Å². The van der Waals surface area contributed by atoms with Crippen molar-refractivity contribution in [2.75, 3.05) is 0 Å². The monoisotopic (exact) mass is 434 g/mol. The van der Waals surface area contributed by atoms with Crippen LogP contribution >= 0.6 is 11.8 Å². The Bertz CT molecular complexity index is 624. The van der Waals surface area contributed by atoms with Crippen LogP contribution in [0.1, 0.15) is 105 Å². The fraction of sp³-hybridized carbons (Fsp3) is 0.962. The maximum atomic E-state index is 10.6. The highest BCUT2D eigenvalue weighted by Crippen LogP contribution is 2.68. The second-order valence-corrected chi connectivity index (χ2v) is 14.4. The first-order chi connectivity index (χ1) is 14.2. The predicted octanol–water partition coefficient (Wildman–Crippen LogP) is 6.53. The molecule has 0 bridgehead atoms. The second-order valence-electron chi connectivity index (χ2n) is 12.4. The highest BCUT2D eigenvalue weighted by Gasteiger charge is 2.59. The molecule has 0 radical (unpaired) electrons. The second kappa shape index (κ2) is 8.61. The predicted molar refractivity (Wildman–Crippen MR) is 128 cm³/mol. The summed E-state index contributed by atoms with van der Waals surface area (Å²) in [4.78, 5) is 10.6. The quantitative estimate of drug-likeness (QED) is 0.272. The van der Waals surface area contributed by atoms with Gasteiger partial charge in [-0.15, -0.1) is 11.8 Å². The Hall–Kier alpha value is -0.220. The van der Waals surface area contributed by atoms with Gasteiger partial charge in [-0.1, -0.05) is 40.5 Å². The number of amides is 1. The first-order valence-electron chi connectivity index (χ1n) is 12.8. The summed E-state index contributed by atoms with van der Waals surface area (Å²) in [7, 11) is 0. The molecule has 3 nitrogen and oxygen atoms in total. The maximum Gasteiger partial charge on any atom is 0.221 e. The van der Waals surface area contributed by atoms with E-state index >= 15 is 0 Å². The summed E-state index contributed by atoms with van der Waals surface area (Å²) in [5.41, 5.74) is 6.92. The molecule has 0 aromatic heterocycles. The summed E-state index contributed by atoms with van der Waals surface area (Å²) in [6, 6.07) is 0. The van der Waals surface area contributed by atoms with Crippen molar-refractivity contribution in [3.8, 4) is 0 Å². The molecule has 8 unspecified atom stereocenters. The van der Waals surface area contributed by atoms with E-state index in [0.29, 0.717) is 10.8 Å². The molecular formula is C26H46N2OS. The Balaban J connectivity index is 1.44. The van der Waals surface area contributed by atoms with E-state index in [-0.39, 0.29) is 10.1 Å². The van der Waals surface area contributed by atoms with E-state index < -0.39 is 0 Å². The number of fused-ring (bicyclic) bond motifs is 5. The zero-order valence-corrected chi connectivity index (χ0v) is 21.0. The molecule has 4 aliphatic rings. The van der Waals surface area contributed by atoms with Crippen molar-refractivity contribution in [2.24, 2.45) is 40.4 Å². The lowest BCUT2D eigenvalue weighted by molar-refractivity contribution is -0.111. The van der Waals surface area contributed by atoms with Crippen LogP contribution in [0.15, 0.2) is 0 Å². The van der Waals surface area contributed by atoms with Crippen molar-refractivity contribution in [2.45, 2.75) is 115 Å². The molecule has 172 valence electrons. The van der Waals surface area contributed by atoms with Gasteiger partial charge >= 0.3 is 0 Å². The van der Waals surface area contributed by atoms with Gasteiger partial charge in [0.25, 0.3) is 0 Å². The van der Waals surface area contributed by atoms with E-state index in [0.717, 1.165) is 36.0 Å². The molecule has 4 fully saturated rings. The van der Waals surface area contributed by atoms with Crippen molar-refractivity contribution in [3.05, 3.63) is 0 Å². The first-order valence-corrected chi connectivity index (χ1v) is 13.7. The van der Waals surface area contributed by atoms with Gasteiger partial charge in [-0.2, -0.15) is 0 Å². The molecule has 4 aliphatic carbocycles. The normalized spacial score (nSPS) is 44.5. The molecule has 4 saturated carbocycles. The van der Waals surface area contributed by atoms with Gasteiger partial charge in [0.1, 0.15) is 0 Å². The van der Waals surface area contributed by atoms with Crippen LogP contribution < -0.4 is 10.9 Å². The number of thioether (sulfide) groups is 1. The highest BCUT2D eigenvalue weighted by atomic mass is 32.2. The average Bonchev–Trinajstić information content (AvgIpc) is 3.01. The number of hydrazine groups is 1. The van der Waals surface area contributed by atoms with Crippen molar-refractivity contribution < 1.29 is 4.79 Å². The van der Waals surface area contributed by atoms with Crippen LogP contribution in [0, 0.1) is 40.4 Å². The summed E-state index contributed by atoms with van der Waals surface area (Å²) in [6.07, 6.45) is 16.9. The minimum atomic E-state index is 0.226. The zero-order chi connectivity index (χ0) is 21.6. The Morgan fingerprint density at radius 1 is 1.00 bits per heavy atom. The van der Waals surface area contributed by atoms with E-state index in [1.807, 2.05) is 11.8 Å². The van der Waals surface area contributed by atoms with Crippen LogP contribution in [0.4, 0.5) is 0 Å². The molecule has 4 heteroatoms. The number of nitrogens with one attached hydrogen (secondary N) is 2. The van der Waals surface area contributed by atoms with E-state index in [1.54, 1.807) is 0 Å². The Labute approximate surface area is 189 Å². The van der Waals surface area contributed by atoms with E-state index in [2.05, 4.69) is 45.5 Å². The SMILES string of the molecule is CC(NNC=O)SC(C)(C)CC1CCC2C3CCC4CCCCC4(C)C3CCC12C. The van der Waals surface area contributed by atoms with Gasteiger partial charge in [0.2, 0.25) is 6.41 Å². The van der Waals surface area contributed by atoms with Crippen molar-refractivity contribution in [3.63, 3.8) is 0 Å². The molecule has 0 aliphatic heterocycles. The third-order valence-corrected chi connectivity index (χ3v) is 11.6. The average molecular weight is 435 g/mol. The largest absolute Gasteiger partial charge is 0.293 e. The van der Waals surface area contributed by atoms with E-state index in [1.165, 1.54) is 70.6 Å². The van der Waals surface area contributed by atoms with Gasteiger partial charge in [0.05, 0.1) is 5.37 Å². The summed E-state index contributed by atoms with van der Waals surface area (Å²) < 4.78 is 0.226. The number of carbonyl (C=O) groups is 1. The van der Waals surface area contributed by atoms with Gasteiger partial charge in [-0.3, -0.25) is 10.2 Å². The van der Waals surface area contributed by atoms with Gasteiger partial charge in [-0.25, -0.2) is 5.43 Å². The molecule has 0 aromatic carbocycles. The Morgan fingerprint density at radius 2 is 1.77 bits per heavy atom. The molecule has 1 amide bonds. The lowest BCUT2D eigenvalue weighted by Crippen LogP contribution is -2.53. The van der Waals surface area contributed by atoms with Gasteiger partial charge in [0.15, 0.2) is 0 Å². The van der Waals surface area contributed by atoms with Gasteiger partial charge in [-0.05, 0) is 105 Å². The molecule has 2 N–H and O–H groups in total. The van der Waals surface area contributed by atoms with Crippen molar-refractivity contribution >= 4 is 18.2 Å². The van der Waals surface area contributed by atoms with Crippen LogP contribution in [0.3, 0.4) is 0 Å². The highest BCUT2D eigenvalue weighted by molar-refractivity contribution is 8.01. The summed E-state index contributed by atoms with van der Waals surface area (Å²) in [6.45, 7) is 12.3. The number of hydrogen-bond donors (Lipinski definition) is 2. The Morgan fingerprint density at radius 3 is 2.53 bits per heavy atom. The molecule has 8 atom stereocenters. The molecule has 30 heavy (non-hydrogen) atoms. The standard InChI is InChI=1S/C26H46N2OS/c1-18(28-27-17-29)30-24(2,3)16-20-10-12-22-21-11-9-19-8-6-7-14-25(19,4)23(21)13-15-26(20,22)5/h17-23,28H,6-16H2,1-5H3,(H,27,29). The van der Waals surface area contributed by atoms with Crippen molar-refractivity contribution in [1.82, 2.24) is 10.9 Å². The summed E-state index contributed by atoms with van der Waals surface area (Å²) >= 11 is 1.97. The molecule has 0 heterocycles. The zero-order valence-electron chi connectivity index (χ0n) is 20.1. The first kappa shape index (κ1) is 23.0. The van der Waals surface area contributed by atoms with Gasteiger partial charge < -0.3 is 0 Å². The fourth-order valence-electron chi connectivity index (χ4n) is 9.04. The molecule has 4 rings (SSSR count). The van der Waals surface area contributed by atoms with Crippen LogP contribution in [0.5, 0.6) is 0 Å². The smallest absolute Gasteiger partial charge is 0.221 e. The number of carbonyl (C=O) groups excluding carboxylic acids is 1. The van der Waals surface area contributed by atoms with Crippen LogP contribution in [0.25, 0.3) is 0 Å². The van der Waals surface area contributed by atoms with Crippen LogP contribution in [-0.2, 0) is 4.79 Å². The third kappa shape index (κ3) is 4.09. The number of hydrogen-bond acceptors (Lipinski definition) is 3. The minimum Gasteiger partial charge on any atom is -0.293 e. The third-order valence-electron chi connectivity index (χ3n) is 10.4. The van der Waals surface area contributed by atoms with E-state index in [4.69, 9.17) is 0 Å². The lowest BCUT2D eigenvalue weighted by atomic mass is 9.45. The molecule has 0 saturated heterocycles.